The van der Waals surface area contributed by atoms with Crippen LogP contribution in [0.4, 0.5) is 5.82 Å². The van der Waals surface area contributed by atoms with Gasteiger partial charge in [-0.3, -0.25) is 14.4 Å². The maximum atomic E-state index is 12.8. The van der Waals surface area contributed by atoms with Crippen molar-refractivity contribution >= 4 is 11.7 Å². The highest BCUT2D eigenvalue weighted by Crippen LogP contribution is 2.41. The Labute approximate surface area is 173 Å². The van der Waals surface area contributed by atoms with Crippen LogP contribution in [0.2, 0.25) is 0 Å². The van der Waals surface area contributed by atoms with E-state index in [1.807, 2.05) is 10.6 Å². The van der Waals surface area contributed by atoms with Crippen LogP contribution < -0.4 is 21.3 Å². The Hall–Kier alpha value is -2.94. The van der Waals surface area contributed by atoms with Crippen molar-refractivity contribution in [3.63, 3.8) is 0 Å². The van der Waals surface area contributed by atoms with E-state index in [2.05, 4.69) is 20.2 Å². The Morgan fingerprint density at radius 1 is 1.30 bits per heavy atom. The predicted molar refractivity (Wildman–Crippen MR) is 110 cm³/mol. The van der Waals surface area contributed by atoms with Crippen LogP contribution in [0.1, 0.15) is 36.9 Å². The molecule has 2 bridgehead atoms. The summed E-state index contributed by atoms with van der Waals surface area (Å²) in [5.74, 6) is 0.859. The van der Waals surface area contributed by atoms with Crippen LogP contribution in [0.15, 0.2) is 40.2 Å². The third-order valence-corrected chi connectivity index (χ3v) is 6.49. The van der Waals surface area contributed by atoms with Crippen LogP contribution >= 0.6 is 0 Å². The zero-order valence-corrected chi connectivity index (χ0v) is 16.6. The number of nitrogens with zero attached hydrogens (tertiary/aromatic N) is 3. The quantitative estimate of drug-likeness (QED) is 0.753. The van der Waals surface area contributed by atoms with Crippen molar-refractivity contribution in [2.45, 2.75) is 37.3 Å². The van der Waals surface area contributed by atoms with Gasteiger partial charge in [-0.1, -0.05) is 6.07 Å². The fraction of sp³-hybridized carbons (Fsp3) is 0.524. The Morgan fingerprint density at radius 3 is 3.00 bits per heavy atom. The fourth-order valence-corrected chi connectivity index (χ4v) is 5.13. The van der Waals surface area contributed by atoms with Crippen LogP contribution in [0.25, 0.3) is 0 Å². The Morgan fingerprint density at radius 2 is 2.20 bits per heavy atom. The van der Waals surface area contributed by atoms with Gasteiger partial charge in [-0.15, -0.1) is 0 Å². The number of anilines is 1. The van der Waals surface area contributed by atoms with Crippen molar-refractivity contribution < 1.29 is 9.53 Å². The van der Waals surface area contributed by atoms with Gasteiger partial charge in [0.05, 0.1) is 12.4 Å². The molecular weight excluding hydrogens is 386 g/mol. The number of ether oxygens (including phenoxy) is 1. The van der Waals surface area contributed by atoms with E-state index in [-0.39, 0.29) is 34.9 Å². The second-order valence-corrected chi connectivity index (χ2v) is 8.34. The van der Waals surface area contributed by atoms with E-state index in [0.717, 1.165) is 25.0 Å². The zero-order valence-electron chi connectivity index (χ0n) is 16.6. The van der Waals surface area contributed by atoms with Crippen molar-refractivity contribution in [2.75, 3.05) is 31.1 Å². The van der Waals surface area contributed by atoms with Crippen LogP contribution in [0.5, 0.6) is 0 Å². The number of fused-ring (bicyclic) bond motifs is 4. The molecule has 4 atom stereocenters. The van der Waals surface area contributed by atoms with Gasteiger partial charge >= 0.3 is 0 Å². The number of carbonyl (C=O) groups is 1. The summed E-state index contributed by atoms with van der Waals surface area (Å²) in [6.07, 6.45) is 3.59. The maximum absolute atomic E-state index is 12.8. The molecule has 2 saturated heterocycles. The fourth-order valence-electron chi connectivity index (χ4n) is 5.13. The van der Waals surface area contributed by atoms with Crippen molar-refractivity contribution in [1.82, 2.24) is 19.9 Å². The number of aromatic amines is 1. The Kier molecular flexibility index (Phi) is 4.90. The molecule has 5 heterocycles. The van der Waals surface area contributed by atoms with Crippen LogP contribution in [-0.4, -0.2) is 52.8 Å². The third kappa shape index (κ3) is 3.43. The molecule has 0 aromatic carbocycles. The first kappa shape index (κ1) is 19.0. The molecule has 1 amide bonds. The number of rotatable bonds is 4. The second-order valence-electron chi connectivity index (χ2n) is 8.34. The zero-order chi connectivity index (χ0) is 20.7. The lowest BCUT2D eigenvalue weighted by Crippen LogP contribution is -2.52. The Bertz CT molecular complexity index is 1060. The predicted octanol–water partition coefficient (Wildman–Crippen LogP) is 0.392. The number of piperidine rings is 1. The average Bonchev–Trinajstić information content (AvgIpc) is 3.29. The second kappa shape index (κ2) is 7.71. The summed E-state index contributed by atoms with van der Waals surface area (Å²) in [6, 6.07) is 6.72. The first-order chi connectivity index (χ1) is 14.6. The SMILES string of the molecule is O=C(NC[C@H]1[C@H]2C[C@H](CN(c3cc(=O)[nH]cn3)C2)c2cccc(=O)n21)[C@@H]1CCCO1. The summed E-state index contributed by atoms with van der Waals surface area (Å²) in [6.45, 7) is 2.37. The van der Waals surface area contributed by atoms with Crippen molar-refractivity contribution in [3.05, 3.63) is 57.0 Å². The van der Waals surface area contributed by atoms with Gasteiger partial charge in [0.15, 0.2) is 0 Å². The van der Waals surface area contributed by atoms with E-state index in [1.54, 1.807) is 12.1 Å². The summed E-state index contributed by atoms with van der Waals surface area (Å²) in [7, 11) is 0. The summed E-state index contributed by atoms with van der Waals surface area (Å²) >= 11 is 0. The minimum atomic E-state index is -0.392. The third-order valence-electron chi connectivity index (χ3n) is 6.49. The lowest BCUT2D eigenvalue weighted by molar-refractivity contribution is -0.130. The summed E-state index contributed by atoms with van der Waals surface area (Å²) < 4.78 is 7.34. The molecule has 2 N–H and O–H groups in total. The molecule has 2 fully saturated rings. The molecule has 0 spiro atoms. The van der Waals surface area contributed by atoms with Crippen molar-refractivity contribution in [3.8, 4) is 0 Å². The van der Waals surface area contributed by atoms with E-state index in [4.69, 9.17) is 4.74 Å². The summed E-state index contributed by atoms with van der Waals surface area (Å²) in [4.78, 5) is 46.0. The lowest BCUT2D eigenvalue weighted by Gasteiger charge is -2.47. The molecule has 3 aliphatic heterocycles. The highest BCUT2D eigenvalue weighted by atomic mass is 16.5. The van der Waals surface area contributed by atoms with Crippen LogP contribution in [-0.2, 0) is 9.53 Å². The molecular formula is C21H25N5O4. The van der Waals surface area contributed by atoms with Gasteiger partial charge in [-0.25, -0.2) is 4.98 Å². The average molecular weight is 411 g/mol. The summed E-state index contributed by atoms with van der Waals surface area (Å²) in [5.41, 5.74) is 0.749. The van der Waals surface area contributed by atoms with E-state index in [1.165, 1.54) is 12.4 Å². The largest absolute Gasteiger partial charge is 0.368 e. The molecule has 3 aliphatic rings. The van der Waals surface area contributed by atoms with Gasteiger partial charge in [0.25, 0.3) is 11.1 Å². The number of amides is 1. The molecule has 9 heteroatoms. The standard InChI is InChI=1S/C21H25N5O4/c27-19-8-18(23-12-24-19)25-10-13-7-14(11-25)16(26-15(13)3-1-5-20(26)28)9-22-21(29)17-4-2-6-30-17/h1,3,5,8,12-14,16-17H,2,4,6-7,9-11H2,(H,22,29)(H,23,24,27)/t13-,14+,16+,17+/m1/s1. The van der Waals surface area contributed by atoms with Gasteiger partial charge in [0.2, 0.25) is 5.91 Å². The highest BCUT2D eigenvalue weighted by molar-refractivity contribution is 5.81. The first-order valence-corrected chi connectivity index (χ1v) is 10.5. The van der Waals surface area contributed by atoms with E-state index in [0.29, 0.717) is 32.1 Å². The van der Waals surface area contributed by atoms with Gasteiger partial charge in [0.1, 0.15) is 11.9 Å². The number of hydrogen-bond acceptors (Lipinski definition) is 6. The number of aromatic nitrogens is 3. The first-order valence-electron chi connectivity index (χ1n) is 10.5. The molecule has 30 heavy (non-hydrogen) atoms. The number of H-pyrrole nitrogens is 1. The van der Waals surface area contributed by atoms with Crippen LogP contribution in [0.3, 0.4) is 0 Å². The number of carbonyl (C=O) groups excluding carboxylic acids is 1. The topological polar surface area (TPSA) is 109 Å². The van der Waals surface area contributed by atoms with Gasteiger partial charge in [-0.05, 0) is 31.2 Å². The van der Waals surface area contributed by atoms with Crippen LogP contribution in [0, 0.1) is 5.92 Å². The number of nitrogens with one attached hydrogen (secondary N) is 2. The van der Waals surface area contributed by atoms with E-state index in [9.17, 15) is 14.4 Å². The van der Waals surface area contributed by atoms with Crippen molar-refractivity contribution in [1.29, 1.82) is 0 Å². The highest BCUT2D eigenvalue weighted by Gasteiger charge is 2.41. The normalized spacial score (nSPS) is 27.5. The number of hydrogen-bond donors (Lipinski definition) is 2. The van der Waals surface area contributed by atoms with Gasteiger partial charge in [0, 0.05) is 50.0 Å². The van der Waals surface area contributed by atoms with E-state index < -0.39 is 6.10 Å². The molecule has 0 saturated carbocycles. The van der Waals surface area contributed by atoms with Gasteiger partial charge in [-0.2, -0.15) is 0 Å². The molecule has 2 aromatic rings. The molecule has 2 aromatic heterocycles. The minimum Gasteiger partial charge on any atom is -0.368 e. The molecule has 158 valence electrons. The Balaban J connectivity index is 1.44. The molecule has 0 unspecified atom stereocenters. The lowest BCUT2D eigenvalue weighted by atomic mass is 9.78. The molecule has 9 nitrogen and oxygen atoms in total. The van der Waals surface area contributed by atoms with Gasteiger partial charge < -0.3 is 24.5 Å². The smallest absolute Gasteiger partial charge is 0.252 e. The minimum absolute atomic E-state index is 0.0405. The monoisotopic (exact) mass is 411 g/mol. The summed E-state index contributed by atoms with van der Waals surface area (Å²) in [5, 5.41) is 3.02. The maximum Gasteiger partial charge on any atom is 0.252 e. The molecule has 0 aliphatic carbocycles. The van der Waals surface area contributed by atoms with Crippen molar-refractivity contribution in [2.24, 2.45) is 5.92 Å². The molecule has 0 radical (unpaired) electrons. The number of pyridine rings is 1. The molecule has 5 rings (SSSR count). The van der Waals surface area contributed by atoms with E-state index >= 15 is 0 Å².